The molecule has 1 fully saturated rings. The van der Waals surface area contributed by atoms with Gasteiger partial charge in [-0.3, -0.25) is 4.79 Å². The second kappa shape index (κ2) is 10.1. The molecule has 1 aliphatic heterocycles. The second-order valence-corrected chi connectivity index (χ2v) is 9.81. The Labute approximate surface area is 208 Å². The van der Waals surface area contributed by atoms with E-state index in [4.69, 9.17) is 27.9 Å². The lowest BCUT2D eigenvalue weighted by atomic mass is 10.2. The molecule has 0 radical (unpaired) electrons. The summed E-state index contributed by atoms with van der Waals surface area (Å²) in [6.07, 6.45) is 1.73. The van der Waals surface area contributed by atoms with Crippen molar-refractivity contribution in [3.8, 4) is 5.75 Å². The van der Waals surface area contributed by atoms with Gasteiger partial charge in [0.1, 0.15) is 6.61 Å². The van der Waals surface area contributed by atoms with Crippen LogP contribution in [0.2, 0.25) is 10.0 Å². The van der Waals surface area contributed by atoms with Crippen LogP contribution in [0.1, 0.15) is 16.7 Å². The first-order chi connectivity index (χ1) is 15.4. The first-order valence-corrected chi connectivity index (χ1v) is 12.0. The second-order valence-electron chi connectivity index (χ2n) is 7.05. The summed E-state index contributed by atoms with van der Waals surface area (Å²) in [7, 11) is 0. The van der Waals surface area contributed by atoms with Crippen molar-refractivity contribution < 1.29 is 9.53 Å². The van der Waals surface area contributed by atoms with Gasteiger partial charge in [0, 0.05) is 4.47 Å². The van der Waals surface area contributed by atoms with Gasteiger partial charge < -0.3 is 10.1 Å². The lowest BCUT2D eigenvalue weighted by Gasteiger charge is -2.11. The Kier molecular flexibility index (Phi) is 7.26. The predicted octanol–water partition coefficient (Wildman–Crippen LogP) is 7.53. The molecule has 0 unspecified atom stereocenters. The number of amidine groups is 1. The largest absolute Gasteiger partial charge is 0.486 e. The highest BCUT2D eigenvalue weighted by Gasteiger charge is 2.24. The lowest BCUT2D eigenvalue weighted by molar-refractivity contribution is -0.115. The number of nitrogens with zero attached hydrogens (tertiary/aromatic N) is 1. The van der Waals surface area contributed by atoms with E-state index in [0.29, 0.717) is 38.0 Å². The molecule has 0 atom stereocenters. The predicted molar refractivity (Wildman–Crippen MR) is 137 cm³/mol. The van der Waals surface area contributed by atoms with E-state index in [9.17, 15) is 4.79 Å². The number of halogens is 3. The number of benzene rings is 3. The fraction of sp³-hybridized carbons (Fsp3) is 0.0833. The number of thioether (sulfide) groups is 1. The molecular formula is C24H17BrCl2N2O2S. The molecule has 162 valence electrons. The quantitative estimate of drug-likeness (QED) is 0.336. The highest BCUT2D eigenvalue weighted by Crippen LogP contribution is 2.37. The monoisotopic (exact) mass is 546 g/mol. The van der Waals surface area contributed by atoms with E-state index in [1.807, 2.05) is 55.5 Å². The number of hydrogen-bond donors (Lipinski definition) is 1. The highest BCUT2D eigenvalue weighted by atomic mass is 79.9. The number of hydrogen-bond acceptors (Lipinski definition) is 4. The first kappa shape index (κ1) is 22.9. The molecule has 3 aromatic rings. The Bertz CT molecular complexity index is 1200. The lowest BCUT2D eigenvalue weighted by Crippen LogP contribution is -2.19. The number of rotatable bonds is 5. The maximum Gasteiger partial charge on any atom is 0.264 e. The van der Waals surface area contributed by atoms with Crippen molar-refractivity contribution in [2.75, 3.05) is 0 Å². The van der Waals surface area contributed by atoms with Crippen LogP contribution in [0.25, 0.3) is 6.08 Å². The van der Waals surface area contributed by atoms with Crippen molar-refractivity contribution in [2.45, 2.75) is 13.5 Å². The molecular weight excluding hydrogens is 531 g/mol. The Balaban J connectivity index is 1.49. The zero-order valence-corrected chi connectivity index (χ0v) is 20.8. The third-order valence-corrected chi connectivity index (χ3v) is 6.53. The molecule has 8 heteroatoms. The van der Waals surface area contributed by atoms with Crippen LogP contribution in [0.3, 0.4) is 0 Å². The maximum atomic E-state index is 12.4. The van der Waals surface area contributed by atoms with Crippen LogP contribution < -0.4 is 10.1 Å². The maximum absolute atomic E-state index is 12.4. The number of carbonyl (C=O) groups is 1. The Hall–Kier alpha value is -2.25. The van der Waals surface area contributed by atoms with Crippen molar-refractivity contribution in [1.82, 2.24) is 5.32 Å². The number of carbonyl (C=O) groups excluding carboxylic acids is 1. The Morgan fingerprint density at radius 1 is 1.06 bits per heavy atom. The van der Waals surface area contributed by atoms with Gasteiger partial charge in [-0.2, -0.15) is 0 Å². The third kappa shape index (κ3) is 5.75. The van der Waals surface area contributed by atoms with E-state index >= 15 is 0 Å². The standard InChI is InChI=1S/C24H17BrCl2N2O2S/c1-14-2-8-18(9-3-14)28-24-29-23(30)21(32-24)12-16-10-19(26)22(20(27)11-16)31-13-15-4-6-17(25)7-5-15/h2-12H,13H2,1H3,(H,28,29,30)/b21-12+. The first-order valence-electron chi connectivity index (χ1n) is 9.60. The van der Waals surface area contributed by atoms with Crippen LogP contribution in [0.4, 0.5) is 5.69 Å². The van der Waals surface area contributed by atoms with Crippen LogP contribution in [0.5, 0.6) is 5.75 Å². The molecule has 3 aromatic carbocycles. The average Bonchev–Trinajstić information content (AvgIpc) is 3.09. The minimum Gasteiger partial charge on any atom is -0.486 e. The minimum atomic E-state index is -0.219. The third-order valence-electron chi connectivity index (χ3n) is 4.53. The van der Waals surface area contributed by atoms with Gasteiger partial charge in [-0.05, 0) is 72.3 Å². The molecule has 4 nitrogen and oxygen atoms in total. The van der Waals surface area contributed by atoms with Crippen molar-refractivity contribution in [3.05, 3.63) is 96.8 Å². The number of aliphatic imine (C=N–C) groups is 1. The van der Waals surface area contributed by atoms with Gasteiger partial charge in [0.05, 0.1) is 20.6 Å². The van der Waals surface area contributed by atoms with Crippen LogP contribution >= 0.6 is 50.9 Å². The summed E-state index contributed by atoms with van der Waals surface area (Å²) in [5.41, 5.74) is 3.62. The number of nitrogens with one attached hydrogen (secondary N) is 1. The molecule has 0 saturated carbocycles. The molecule has 0 spiro atoms. The van der Waals surface area contributed by atoms with Crippen LogP contribution in [0.15, 0.2) is 75.0 Å². The van der Waals surface area contributed by atoms with Gasteiger partial charge in [-0.15, -0.1) is 0 Å². The summed E-state index contributed by atoms with van der Waals surface area (Å²) in [4.78, 5) is 17.4. The fourth-order valence-corrected chi connectivity index (χ4v) is 4.62. The molecule has 0 bridgehead atoms. The molecule has 1 aliphatic rings. The average molecular weight is 548 g/mol. The topological polar surface area (TPSA) is 50.7 Å². The zero-order chi connectivity index (χ0) is 22.7. The van der Waals surface area contributed by atoms with Gasteiger partial charge in [0.2, 0.25) is 0 Å². The van der Waals surface area contributed by atoms with Crippen molar-refractivity contribution in [2.24, 2.45) is 4.99 Å². The van der Waals surface area contributed by atoms with Crippen LogP contribution in [0, 0.1) is 6.92 Å². The van der Waals surface area contributed by atoms with Crippen LogP contribution in [-0.2, 0) is 11.4 Å². The molecule has 0 aromatic heterocycles. The van der Waals surface area contributed by atoms with Crippen molar-refractivity contribution >= 4 is 73.7 Å². The number of amides is 1. The van der Waals surface area contributed by atoms with E-state index in [1.54, 1.807) is 18.2 Å². The summed E-state index contributed by atoms with van der Waals surface area (Å²) >= 11 is 17.5. The van der Waals surface area contributed by atoms with E-state index < -0.39 is 0 Å². The van der Waals surface area contributed by atoms with Gasteiger partial charge in [-0.1, -0.05) is 69.0 Å². The van der Waals surface area contributed by atoms with E-state index in [-0.39, 0.29) is 5.91 Å². The molecule has 1 heterocycles. The molecule has 1 amide bonds. The van der Waals surface area contributed by atoms with E-state index in [1.165, 1.54) is 11.8 Å². The Morgan fingerprint density at radius 3 is 2.38 bits per heavy atom. The van der Waals surface area contributed by atoms with Crippen LogP contribution in [-0.4, -0.2) is 11.1 Å². The van der Waals surface area contributed by atoms with E-state index in [0.717, 1.165) is 21.3 Å². The van der Waals surface area contributed by atoms with Gasteiger partial charge in [-0.25, -0.2) is 4.99 Å². The van der Waals surface area contributed by atoms with Gasteiger partial charge in [0.25, 0.3) is 5.91 Å². The summed E-state index contributed by atoms with van der Waals surface area (Å²) in [5.74, 6) is 0.187. The normalized spacial score (nSPS) is 15.9. The summed E-state index contributed by atoms with van der Waals surface area (Å²) < 4.78 is 6.82. The molecule has 1 N–H and O–H groups in total. The molecule has 0 aliphatic carbocycles. The van der Waals surface area contributed by atoms with Gasteiger partial charge in [0.15, 0.2) is 10.9 Å². The molecule has 32 heavy (non-hydrogen) atoms. The van der Waals surface area contributed by atoms with Crippen molar-refractivity contribution in [3.63, 3.8) is 0 Å². The van der Waals surface area contributed by atoms with E-state index in [2.05, 4.69) is 26.2 Å². The minimum absolute atomic E-state index is 0.219. The number of aryl methyl sites for hydroxylation is 1. The fourth-order valence-electron chi connectivity index (χ4n) is 2.91. The summed E-state index contributed by atoms with van der Waals surface area (Å²) in [6.45, 7) is 2.35. The zero-order valence-electron chi connectivity index (χ0n) is 16.9. The summed E-state index contributed by atoms with van der Waals surface area (Å²) in [6, 6.07) is 19.0. The van der Waals surface area contributed by atoms with Gasteiger partial charge >= 0.3 is 0 Å². The summed E-state index contributed by atoms with van der Waals surface area (Å²) in [5, 5.41) is 4.05. The van der Waals surface area contributed by atoms with Crippen molar-refractivity contribution in [1.29, 1.82) is 0 Å². The molecule has 4 rings (SSSR count). The Morgan fingerprint density at radius 2 is 1.72 bits per heavy atom. The molecule has 1 saturated heterocycles. The smallest absolute Gasteiger partial charge is 0.264 e. The number of ether oxygens (including phenoxy) is 1. The highest BCUT2D eigenvalue weighted by molar-refractivity contribution is 9.10. The SMILES string of the molecule is Cc1ccc(N=C2NC(=O)/C(=C\c3cc(Cl)c(OCc4ccc(Br)cc4)c(Cl)c3)S2)cc1.